The average Bonchev–Trinajstić information content (AvgIpc) is 2.85. The van der Waals surface area contributed by atoms with Gasteiger partial charge in [0.05, 0.1) is 0 Å². The zero-order chi connectivity index (χ0) is 14.1. The molecular formula is C18H26N2O. The summed E-state index contributed by atoms with van der Waals surface area (Å²) in [6.45, 7) is 4.55. The molecule has 1 aromatic carbocycles. The lowest BCUT2D eigenvalue weighted by Gasteiger charge is -2.36. The largest absolute Gasteiger partial charge is 0.489 e. The molecular weight excluding hydrogens is 260 g/mol. The fourth-order valence-electron chi connectivity index (χ4n) is 3.83. The molecule has 2 heterocycles. The molecule has 1 aromatic rings. The molecule has 0 unspecified atom stereocenters. The maximum atomic E-state index is 6.11. The topological polar surface area (TPSA) is 24.5 Å². The molecule has 1 atom stereocenters. The van der Waals surface area contributed by atoms with E-state index < -0.39 is 0 Å². The molecule has 2 fully saturated rings. The van der Waals surface area contributed by atoms with E-state index in [1.807, 2.05) is 0 Å². The molecule has 1 saturated carbocycles. The summed E-state index contributed by atoms with van der Waals surface area (Å²) >= 11 is 0. The molecule has 0 radical (unpaired) electrons. The fraction of sp³-hybridized carbons (Fsp3) is 0.667. The second kappa shape index (κ2) is 5.98. The van der Waals surface area contributed by atoms with Crippen molar-refractivity contribution < 1.29 is 4.74 Å². The molecule has 3 nitrogen and oxygen atoms in total. The Hall–Kier alpha value is -1.06. The molecule has 0 aromatic heterocycles. The molecule has 0 bridgehead atoms. The van der Waals surface area contributed by atoms with Crippen molar-refractivity contribution in [1.29, 1.82) is 0 Å². The van der Waals surface area contributed by atoms with Crippen LogP contribution in [0.5, 0.6) is 5.75 Å². The van der Waals surface area contributed by atoms with Crippen molar-refractivity contribution in [3.05, 3.63) is 29.3 Å². The number of benzene rings is 1. The first-order valence-corrected chi connectivity index (χ1v) is 8.62. The first kappa shape index (κ1) is 13.6. The second-order valence-corrected chi connectivity index (χ2v) is 6.78. The lowest BCUT2D eigenvalue weighted by atomic mass is 9.91. The second-order valence-electron chi connectivity index (χ2n) is 6.78. The summed E-state index contributed by atoms with van der Waals surface area (Å²) in [6, 6.07) is 7.66. The number of nitrogens with one attached hydrogen (secondary N) is 1. The summed E-state index contributed by atoms with van der Waals surface area (Å²) in [5, 5.41) is 3.36. The van der Waals surface area contributed by atoms with E-state index in [0.717, 1.165) is 31.3 Å². The number of fused-ring (bicyclic) bond motifs is 1. The number of nitrogens with zero attached hydrogens (tertiary/aromatic N) is 1. The predicted octanol–water partition coefficient (Wildman–Crippen LogP) is 2.38. The van der Waals surface area contributed by atoms with Crippen molar-refractivity contribution in [3.63, 3.8) is 0 Å². The standard InChI is InChI=1S/C18H26N2O/c1-2-16(3-1)20-10-7-14-4-5-17(12-15(14)8-11-20)21-18-6-9-19-13-18/h4-5,12,16,18-19H,1-3,6-11,13H2/t18-/m0/s1. The summed E-state index contributed by atoms with van der Waals surface area (Å²) in [5.41, 5.74) is 3.05. The average molecular weight is 286 g/mol. The summed E-state index contributed by atoms with van der Waals surface area (Å²) in [5.74, 6) is 1.07. The minimum absolute atomic E-state index is 0.361. The lowest BCUT2D eigenvalue weighted by Crippen LogP contribution is -2.41. The highest BCUT2D eigenvalue weighted by Gasteiger charge is 2.26. The highest BCUT2D eigenvalue weighted by atomic mass is 16.5. The smallest absolute Gasteiger partial charge is 0.120 e. The molecule has 4 rings (SSSR count). The van der Waals surface area contributed by atoms with Crippen molar-refractivity contribution in [2.24, 2.45) is 0 Å². The Bertz CT molecular complexity index is 492. The van der Waals surface area contributed by atoms with Crippen LogP contribution in [0.2, 0.25) is 0 Å². The Morgan fingerprint density at radius 3 is 2.62 bits per heavy atom. The molecule has 1 N–H and O–H groups in total. The van der Waals surface area contributed by atoms with E-state index in [1.54, 1.807) is 0 Å². The SMILES string of the molecule is c1cc2c(cc1O[C@H]1CCNC1)CCN(C1CCC1)CC2. The van der Waals surface area contributed by atoms with Gasteiger partial charge in [0.15, 0.2) is 0 Å². The third-order valence-electron chi connectivity index (χ3n) is 5.42. The number of hydrogen-bond acceptors (Lipinski definition) is 3. The van der Waals surface area contributed by atoms with Gasteiger partial charge in [-0.1, -0.05) is 12.5 Å². The van der Waals surface area contributed by atoms with Gasteiger partial charge in [0, 0.05) is 25.7 Å². The minimum atomic E-state index is 0.361. The Labute approximate surface area is 127 Å². The number of ether oxygens (including phenoxy) is 1. The van der Waals surface area contributed by atoms with Crippen LogP contribution in [0.4, 0.5) is 0 Å². The molecule has 114 valence electrons. The van der Waals surface area contributed by atoms with E-state index in [4.69, 9.17) is 4.74 Å². The van der Waals surface area contributed by atoms with Gasteiger partial charge in [-0.05, 0) is 61.9 Å². The van der Waals surface area contributed by atoms with Crippen LogP contribution in [0.25, 0.3) is 0 Å². The van der Waals surface area contributed by atoms with Crippen LogP contribution in [-0.4, -0.2) is 43.2 Å². The quantitative estimate of drug-likeness (QED) is 0.923. The molecule has 2 aliphatic heterocycles. The van der Waals surface area contributed by atoms with Crippen molar-refractivity contribution in [2.75, 3.05) is 26.2 Å². The van der Waals surface area contributed by atoms with E-state index in [9.17, 15) is 0 Å². The zero-order valence-electron chi connectivity index (χ0n) is 12.8. The van der Waals surface area contributed by atoms with Gasteiger partial charge in [0.25, 0.3) is 0 Å². The number of hydrogen-bond donors (Lipinski definition) is 1. The van der Waals surface area contributed by atoms with Gasteiger partial charge in [-0.25, -0.2) is 0 Å². The van der Waals surface area contributed by atoms with Crippen LogP contribution >= 0.6 is 0 Å². The van der Waals surface area contributed by atoms with Gasteiger partial charge in [-0.3, -0.25) is 4.90 Å². The summed E-state index contributed by atoms with van der Waals surface area (Å²) in [6.07, 6.45) is 8.15. The van der Waals surface area contributed by atoms with E-state index in [2.05, 4.69) is 28.4 Å². The van der Waals surface area contributed by atoms with Gasteiger partial charge < -0.3 is 10.1 Å². The van der Waals surface area contributed by atoms with E-state index in [1.165, 1.54) is 56.3 Å². The molecule has 0 amide bonds. The molecule has 1 saturated heterocycles. The molecule has 0 spiro atoms. The Morgan fingerprint density at radius 1 is 1.05 bits per heavy atom. The highest BCUT2D eigenvalue weighted by Crippen LogP contribution is 2.29. The van der Waals surface area contributed by atoms with Gasteiger partial charge in [0.1, 0.15) is 11.9 Å². The summed E-state index contributed by atoms with van der Waals surface area (Å²) < 4.78 is 6.11. The summed E-state index contributed by atoms with van der Waals surface area (Å²) in [4.78, 5) is 2.71. The van der Waals surface area contributed by atoms with Crippen LogP contribution < -0.4 is 10.1 Å². The molecule has 21 heavy (non-hydrogen) atoms. The zero-order valence-corrected chi connectivity index (χ0v) is 12.8. The van der Waals surface area contributed by atoms with E-state index in [-0.39, 0.29) is 0 Å². The van der Waals surface area contributed by atoms with Crippen molar-refractivity contribution >= 4 is 0 Å². The lowest BCUT2D eigenvalue weighted by molar-refractivity contribution is 0.133. The van der Waals surface area contributed by atoms with Crippen LogP contribution in [0.1, 0.15) is 36.8 Å². The number of rotatable bonds is 3. The van der Waals surface area contributed by atoms with Gasteiger partial charge in [-0.15, -0.1) is 0 Å². The fourth-order valence-corrected chi connectivity index (χ4v) is 3.83. The van der Waals surface area contributed by atoms with Crippen LogP contribution in [0.15, 0.2) is 18.2 Å². The Morgan fingerprint density at radius 2 is 1.90 bits per heavy atom. The van der Waals surface area contributed by atoms with Crippen molar-refractivity contribution in [2.45, 2.75) is 50.7 Å². The summed E-state index contributed by atoms with van der Waals surface area (Å²) in [7, 11) is 0. The Balaban J connectivity index is 1.44. The first-order valence-electron chi connectivity index (χ1n) is 8.62. The Kier molecular flexibility index (Phi) is 3.87. The van der Waals surface area contributed by atoms with Crippen molar-refractivity contribution in [3.8, 4) is 5.75 Å². The normalized spacial score (nSPS) is 27.0. The third-order valence-corrected chi connectivity index (χ3v) is 5.42. The maximum absolute atomic E-state index is 6.11. The van der Waals surface area contributed by atoms with Crippen molar-refractivity contribution in [1.82, 2.24) is 10.2 Å². The third kappa shape index (κ3) is 2.95. The molecule has 3 heteroatoms. The monoisotopic (exact) mass is 286 g/mol. The highest BCUT2D eigenvalue weighted by molar-refractivity contribution is 5.37. The maximum Gasteiger partial charge on any atom is 0.120 e. The van der Waals surface area contributed by atoms with E-state index in [0.29, 0.717) is 6.10 Å². The van der Waals surface area contributed by atoms with Crippen LogP contribution in [0.3, 0.4) is 0 Å². The first-order chi connectivity index (χ1) is 10.4. The van der Waals surface area contributed by atoms with Gasteiger partial charge in [0.2, 0.25) is 0 Å². The molecule has 3 aliphatic rings. The van der Waals surface area contributed by atoms with Crippen LogP contribution in [0, 0.1) is 0 Å². The van der Waals surface area contributed by atoms with Gasteiger partial charge >= 0.3 is 0 Å². The van der Waals surface area contributed by atoms with Gasteiger partial charge in [-0.2, -0.15) is 0 Å². The predicted molar refractivity (Wildman–Crippen MR) is 85.0 cm³/mol. The van der Waals surface area contributed by atoms with E-state index >= 15 is 0 Å². The minimum Gasteiger partial charge on any atom is -0.489 e. The molecule has 1 aliphatic carbocycles. The van der Waals surface area contributed by atoms with Crippen LogP contribution in [-0.2, 0) is 12.8 Å².